The summed E-state index contributed by atoms with van der Waals surface area (Å²) in [5, 5.41) is 9.88. The lowest BCUT2D eigenvalue weighted by Gasteiger charge is -2.11. The van der Waals surface area contributed by atoms with E-state index >= 15 is 0 Å². The second-order valence-electron chi connectivity index (χ2n) is 10.2. The van der Waals surface area contributed by atoms with E-state index in [1.807, 2.05) is 100 Å². The molecule has 10 nitrogen and oxygen atoms in total. The van der Waals surface area contributed by atoms with Crippen LogP contribution in [0.15, 0.2) is 104 Å². The van der Waals surface area contributed by atoms with Gasteiger partial charge in [-0.1, -0.05) is 48.0 Å². The zero-order valence-corrected chi connectivity index (χ0v) is 24.8. The van der Waals surface area contributed by atoms with E-state index in [1.54, 1.807) is 19.6 Å². The number of carbonyl (C=O) groups is 1. The lowest BCUT2D eigenvalue weighted by Crippen LogP contribution is -2.19. The Bertz CT molecular complexity index is 1870. The minimum atomic E-state index is -0.334. The van der Waals surface area contributed by atoms with Gasteiger partial charge in [-0.3, -0.25) is 4.57 Å². The number of urea groups is 1. The number of hydrogen-bond acceptors (Lipinski definition) is 6. The third-order valence-electron chi connectivity index (χ3n) is 6.98. The number of anilines is 2. The molecular formula is C33H31ClN8O2. The highest BCUT2D eigenvalue weighted by Crippen LogP contribution is 2.26. The summed E-state index contributed by atoms with van der Waals surface area (Å²) < 4.78 is 8.85. The number of nitrogens with zero attached hydrogens (tertiary/aromatic N) is 5. The summed E-state index contributed by atoms with van der Waals surface area (Å²) in [5.41, 5.74) is 6.45. The molecule has 0 saturated carbocycles. The molecule has 0 unspecified atom stereocenters. The van der Waals surface area contributed by atoms with Crippen LogP contribution >= 0.6 is 11.6 Å². The van der Waals surface area contributed by atoms with Crippen LogP contribution < -0.4 is 16.0 Å². The molecule has 0 spiro atoms. The van der Waals surface area contributed by atoms with Gasteiger partial charge in [-0.2, -0.15) is 0 Å². The van der Waals surface area contributed by atoms with Crippen molar-refractivity contribution >= 4 is 34.7 Å². The molecule has 0 aliphatic rings. The fourth-order valence-corrected chi connectivity index (χ4v) is 4.89. The highest BCUT2D eigenvalue weighted by atomic mass is 35.5. The molecule has 0 aliphatic heterocycles. The lowest BCUT2D eigenvalue weighted by atomic mass is 10.1. The predicted octanol–water partition coefficient (Wildman–Crippen LogP) is 6.67. The number of halogens is 1. The van der Waals surface area contributed by atoms with Gasteiger partial charge < -0.3 is 25.1 Å². The first-order chi connectivity index (χ1) is 21.6. The molecule has 11 heteroatoms. The van der Waals surface area contributed by atoms with E-state index in [0.29, 0.717) is 33.6 Å². The minimum Gasteiger partial charge on any atom is -0.385 e. The molecule has 222 valence electrons. The lowest BCUT2D eigenvalue weighted by molar-refractivity contribution is 0.194. The second-order valence-corrected chi connectivity index (χ2v) is 10.6. The molecule has 3 N–H and O–H groups in total. The van der Waals surface area contributed by atoms with Crippen LogP contribution in [0.3, 0.4) is 0 Å². The Hall–Kier alpha value is -5.03. The summed E-state index contributed by atoms with van der Waals surface area (Å²) in [5.74, 6) is 0.630. The third kappa shape index (κ3) is 6.95. The van der Waals surface area contributed by atoms with E-state index in [0.717, 1.165) is 48.5 Å². The predicted molar refractivity (Wildman–Crippen MR) is 173 cm³/mol. The first kappa shape index (κ1) is 29.1. The van der Waals surface area contributed by atoms with Crippen LogP contribution in [-0.2, 0) is 11.3 Å². The van der Waals surface area contributed by atoms with E-state index in [4.69, 9.17) is 21.3 Å². The van der Waals surface area contributed by atoms with Gasteiger partial charge >= 0.3 is 6.03 Å². The molecule has 6 aromatic rings. The van der Waals surface area contributed by atoms with E-state index in [9.17, 15) is 4.79 Å². The van der Waals surface area contributed by atoms with Crippen LogP contribution in [0.4, 0.5) is 16.2 Å². The van der Waals surface area contributed by atoms with E-state index < -0.39 is 0 Å². The Labute approximate surface area is 259 Å². The Morgan fingerprint density at radius 2 is 1.73 bits per heavy atom. The SMILES string of the molecule is COCCCNCc1ccc(NC(=O)Nc2cccc(-c3cn4ccnc4c(-n4cnc(-c5ccc(Cl)cc5)c4)n3)c2)cc1. The molecule has 3 aromatic carbocycles. The highest BCUT2D eigenvalue weighted by molar-refractivity contribution is 6.30. The van der Waals surface area contributed by atoms with Crippen LogP contribution in [0.2, 0.25) is 5.02 Å². The quantitative estimate of drug-likeness (QED) is 0.142. The van der Waals surface area contributed by atoms with Crippen molar-refractivity contribution in [2.75, 3.05) is 30.9 Å². The number of fused-ring (bicyclic) bond motifs is 1. The molecule has 2 amide bonds. The maximum atomic E-state index is 12.8. The van der Waals surface area contributed by atoms with Gasteiger partial charge in [-0.15, -0.1) is 0 Å². The van der Waals surface area contributed by atoms with Gasteiger partial charge in [0, 0.05) is 72.6 Å². The Morgan fingerprint density at radius 1 is 0.909 bits per heavy atom. The van der Waals surface area contributed by atoms with Gasteiger partial charge in [0.2, 0.25) is 0 Å². The Morgan fingerprint density at radius 3 is 2.55 bits per heavy atom. The van der Waals surface area contributed by atoms with Gasteiger partial charge in [-0.05, 0) is 54.9 Å². The van der Waals surface area contributed by atoms with Gasteiger partial charge in [0.1, 0.15) is 6.33 Å². The van der Waals surface area contributed by atoms with E-state index in [2.05, 4.69) is 25.9 Å². The topological polar surface area (TPSA) is 110 Å². The first-order valence-corrected chi connectivity index (χ1v) is 14.5. The maximum absolute atomic E-state index is 12.8. The molecule has 44 heavy (non-hydrogen) atoms. The van der Waals surface area contributed by atoms with Crippen LogP contribution in [0, 0.1) is 0 Å². The standard InChI is InChI=1S/C33H31ClN8O2/c1-44-17-3-14-35-19-23-6-12-27(13-7-23)38-33(43)39-28-5-2-4-25(18-28)30-21-41-16-15-36-31(41)32(40-30)42-20-29(37-22-42)24-8-10-26(34)11-9-24/h2,4-13,15-16,18,20-22,35H,3,14,17,19H2,1H3,(H2,38,39,43). The molecule has 0 radical (unpaired) electrons. The second kappa shape index (κ2) is 13.5. The van der Waals surface area contributed by atoms with Gasteiger partial charge in [0.25, 0.3) is 0 Å². The van der Waals surface area contributed by atoms with E-state index in [-0.39, 0.29) is 6.03 Å². The first-order valence-electron chi connectivity index (χ1n) is 14.2. The number of rotatable bonds is 11. The van der Waals surface area contributed by atoms with Crippen LogP contribution in [0.5, 0.6) is 0 Å². The number of methoxy groups -OCH3 is 1. The Balaban J connectivity index is 1.16. The maximum Gasteiger partial charge on any atom is 0.323 e. The van der Waals surface area contributed by atoms with Crippen LogP contribution in [-0.4, -0.2) is 50.2 Å². The summed E-state index contributed by atoms with van der Waals surface area (Å²) >= 11 is 6.06. The number of ether oxygens (including phenoxy) is 1. The average molecular weight is 607 g/mol. The summed E-state index contributed by atoms with van der Waals surface area (Å²) in [4.78, 5) is 26.8. The van der Waals surface area contributed by atoms with E-state index in [1.165, 1.54) is 0 Å². The van der Waals surface area contributed by atoms with Crippen molar-refractivity contribution in [3.05, 3.63) is 114 Å². The number of imidazole rings is 2. The molecule has 0 saturated heterocycles. The summed E-state index contributed by atoms with van der Waals surface area (Å²) in [6.45, 7) is 2.38. The van der Waals surface area contributed by atoms with Crippen molar-refractivity contribution in [1.29, 1.82) is 0 Å². The molecule has 0 fully saturated rings. The third-order valence-corrected chi connectivity index (χ3v) is 7.23. The van der Waals surface area contributed by atoms with Gasteiger partial charge in [0.15, 0.2) is 11.5 Å². The molecule has 3 aromatic heterocycles. The average Bonchev–Trinajstić information content (AvgIpc) is 3.72. The van der Waals surface area contributed by atoms with Crippen molar-refractivity contribution in [3.63, 3.8) is 0 Å². The monoisotopic (exact) mass is 606 g/mol. The number of nitrogens with one attached hydrogen (secondary N) is 3. The van der Waals surface area contributed by atoms with Crippen molar-refractivity contribution in [2.45, 2.75) is 13.0 Å². The molecule has 0 aliphatic carbocycles. The summed E-state index contributed by atoms with van der Waals surface area (Å²) in [6, 6.07) is 22.5. The normalized spacial score (nSPS) is 11.1. The number of amides is 2. The summed E-state index contributed by atoms with van der Waals surface area (Å²) in [7, 11) is 1.70. The highest BCUT2D eigenvalue weighted by Gasteiger charge is 2.14. The smallest absolute Gasteiger partial charge is 0.323 e. The van der Waals surface area contributed by atoms with Crippen LogP contribution in [0.1, 0.15) is 12.0 Å². The zero-order valence-electron chi connectivity index (χ0n) is 24.1. The van der Waals surface area contributed by atoms with Crippen molar-refractivity contribution < 1.29 is 9.53 Å². The largest absolute Gasteiger partial charge is 0.385 e. The minimum absolute atomic E-state index is 0.334. The molecule has 6 rings (SSSR count). The molecule has 3 heterocycles. The molecule has 0 bridgehead atoms. The number of hydrogen-bond donors (Lipinski definition) is 3. The van der Waals surface area contributed by atoms with Gasteiger partial charge in [-0.25, -0.2) is 19.7 Å². The van der Waals surface area contributed by atoms with Gasteiger partial charge in [0.05, 0.1) is 11.4 Å². The van der Waals surface area contributed by atoms with Crippen molar-refractivity contribution in [1.82, 2.24) is 29.2 Å². The Kier molecular flexibility index (Phi) is 8.93. The zero-order chi connectivity index (χ0) is 30.3. The van der Waals surface area contributed by atoms with Crippen LogP contribution in [0.25, 0.3) is 34.0 Å². The number of aromatic nitrogens is 5. The number of carbonyl (C=O) groups excluding carboxylic acids is 1. The summed E-state index contributed by atoms with van der Waals surface area (Å²) in [6.07, 6.45) is 10.1. The number of benzene rings is 3. The fraction of sp³-hybridized carbons (Fsp3) is 0.152. The van der Waals surface area contributed by atoms with Crippen molar-refractivity contribution in [3.8, 4) is 28.3 Å². The fourth-order valence-electron chi connectivity index (χ4n) is 4.77. The molecular weight excluding hydrogens is 576 g/mol. The van der Waals surface area contributed by atoms with Crippen molar-refractivity contribution in [2.24, 2.45) is 0 Å². The molecule has 0 atom stereocenters.